The molecule has 150 valence electrons. The lowest BCUT2D eigenvalue weighted by Gasteiger charge is -2.12. The molecule has 0 spiro atoms. The maximum atomic E-state index is 12.2. The molecule has 6 heteroatoms. The highest BCUT2D eigenvalue weighted by Crippen LogP contribution is 2.33. The number of ether oxygens (including phenoxy) is 3. The SMILES string of the molecule is O=C(COc1ccc2ccccc2c1Br)Nc1ccc(OCC2CCCO2)cc1. The Kier molecular flexibility index (Phi) is 6.32. The minimum Gasteiger partial charge on any atom is -0.491 e. The van der Waals surface area contributed by atoms with E-state index in [1.54, 1.807) is 0 Å². The zero-order valence-electron chi connectivity index (χ0n) is 15.9. The molecule has 1 aliphatic heterocycles. The van der Waals surface area contributed by atoms with Crippen LogP contribution in [0.3, 0.4) is 0 Å². The topological polar surface area (TPSA) is 56.8 Å². The molecular formula is C23H22BrNO4. The summed E-state index contributed by atoms with van der Waals surface area (Å²) >= 11 is 3.57. The van der Waals surface area contributed by atoms with E-state index in [9.17, 15) is 4.79 Å². The highest BCUT2D eigenvalue weighted by molar-refractivity contribution is 9.10. The lowest BCUT2D eigenvalue weighted by Crippen LogP contribution is -2.20. The molecule has 0 radical (unpaired) electrons. The van der Waals surface area contributed by atoms with E-state index < -0.39 is 0 Å². The molecule has 1 fully saturated rings. The van der Waals surface area contributed by atoms with Crippen LogP contribution in [-0.4, -0.2) is 31.8 Å². The number of benzene rings is 3. The third-order valence-electron chi connectivity index (χ3n) is 4.78. The van der Waals surface area contributed by atoms with Crippen molar-refractivity contribution in [1.82, 2.24) is 0 Å². The first-order valence-corrected chi connectivity index (χ1v) is 10.4. The first-order chi connectivity index (χ1) is 14.2. The van der Waals surface area contributed by atoms with Crippen LogP contribution in [0.15, 0.2) is 65.1 Å². The van der Waals surface area contributed by atoms with Gasteiger partial charge in [-0.3, -0.25) is 4.79 Å². The minimum atomic E-state index is -0.224. The fourth-order valence-electron chi connectivity index (χ4n) is 3.26. The predicted molar refractivity (Wildman–Crippen MR) is 117 cm³/mol. The molecule has 1 saturated heterocycles. The van der Waals surface area contributed by atoms with Gasteiger partial charge in [0.2, 0.25) is 0 Å². The second kappa shape index (κ2) is 9.29. The van der Waals surface area contributed by atoms with E-state index >= 15 is 0 Å². The van der Waals surface area contributed by atoms with Gasteiger partial charge in [0.1, 0.15) is 18.1 Å². The third-order valence-corrected chi connectivity index (χ3v) is 5.60. The van der Waals surface area contributed by atoms with E-state index in [2.05, 4.69) is 21.2 Å². The van der Waals surface area contributed by atoms with Crippen molar-refractivity contribution in [2.24, 2.45) is 0 Å². The molecule has 1 atom stereocenters. The van der Waals surface area contributed by atoms with Crippen molar-refractivity contribution in [3.05, 3.63) is 65.1 Å². The molecule has 5 nitrogen and oxygen atoms in total. The van der Waals surface area contributed by atoms with Gasteiger partial charge in [0.05, 0.1) is 10.6 Å². The zero-order chi connectivity index (χ0) is 20.1. The monoisotopic (exact) mass is 455 g/mol. The molecular weight excluding hydrogens is 434 g/mol. The van der Waals surface area contributed by atoms with Crippen LogP contribution in [0.2, 0.25) is 0 Å². The molecule has 0 aliphatic carbocycles. The van der Waals surface area contributed by atoms with Gasteiger partial charge in [0.15, 0.2) is 6.61 Å². The predicted octanol–water partition coefficient (Wildman–Crippen LogP) is 5.18. The second-order valence-electron chi connectivity index (χ2n) is 6.91. The summed E-state index contributed by atoms with van der Waals surface area (Å²) in [7, 11) is 0. The molecule has 1 unspecified atom stereocenters. The van der Waals surface area contributed by atoms with Gasteiger partial charge in [-0.2, -0.15) is 0 Å². The normalized spacial score (nSPS) is 16.0. The summed E-state index contributed by atoms with van der Waals surface area (Å²) in [4.78, 5) is 12.2. The lowest BCUT2D eigenvalue weighted by molar-refractivity contribution is -0.118. The van der Waals surface area contributed by atoms with Crippen LogP contribution in [0.4, 0.5) is 5.69 Å². The number of rotatable bonds is 7. The lowest BCUT2D eigenvalue weighted by atomic mass is 10.1. The van der Waals surface area contributed by atoms with Crippen LogP contribution >= 0.6 is 15.9 Å². The summed E-state index contributed by atoms with van der Waals surface area (Å²) in [5.74, 6) is 1.17. The van der Waals surface area contributed by atoms with Gasteiger partial charge < -0.3 is 19.5 Å². The fraction of sp³-hybridized carbons (Fsp3) is 0.261. The molecule has 4 rings (SSSR count). The summed E-state index contributed by atoms with van der Waals surface area (Å²) in [6.45, 7) is 1.30. The molecule has 1 amide bonds. The summed E-state index contributed by atoms with van der Waals surface area (Å²) in [5, 5.41) is 4.99. The van der Waals surface area contributed by atoms with E-state index in [0.29, 0.717) is 18.0 Å². The van der Waals surface area contributed by atoms with Crippen molar-refractivity contribution in [2.45, 2.75) is 18.9 Å². The van der Waals surface area contributed by atoms with Crippen molar-refractivity contribution in [3.63, 3.8) is 0 Å². The quantitative estimate of drug-likeness (QED) is 0.533. The van der Waals surface area contributed by atoms with E-state index in [1.165, 1.54) is 0 Å². The number of hydrogen-bond donors (Lipinski definition) is 1. The highest BCUT2D eigenvalue weighted by Gasteiger charge is 2.16. The Morgan fingerprint density at radius 3 is 2.69 bits per heavy atom. The summed E-state index contributed by atoms with van der Waals surface area (Å²) in [6, 6.07) is 19.1. The molecule has 0 bridgehead atoms. The molecule has 1 aliphatic rings. The average molecular weight is 456 g/mol. The molecule has 29 heavy (non-hydrogen) atoms. The van der Waals surface area contributed by atoms with Gasteiger partial charge >= 0.3 is 0 Å². The number of hydrogen-bond acceptors (Lipinski definition) is 4. The van der Waals surface area contributed by atoms with Crippen molar-refractivity contribution >= 4 is 38.3 Å². The Balaban J connectivity index is 1.29. The van der Waals surface area contributed by atoms with Gasteiger partial charge in [0.25, 0.3) is 5.91 Å². The molecule has 0 saturated carbocycles. The van der Waals surface area contributed by atoms with E-state index in [0.717, 1.165) is 40.4 Å². The highest BCUT2D eigenvalue weighted by atomic mass is 79.9. The summed E-state index contributed by atoms with van der Waals surface area (Å²) in [5.41, 5.74) is 0.695. The van der Waals surface area contributed by atoms with Crippen LogP contribution in [-0.2, 0) is 9.53 Å². The van der Waals surface area contributed by atoms with Crippen LogP contribution < -0.4 is 14.8 Å². The molecule has 0 aromatic heterocycles. The van der Waals surface area contributed by atoms with Crippen molar-refractivity contribution in [1.29, 1.82) is 0 Å². The second-order valence-corrected chi connectivity index (χ2v) is 7.70. The zero-order valence-corrected chi connectivity index (χ0v) is 17.5. The first kappa shape index (κ1) is 19.7. The largest absolute Gasteiger partial charge is 0.491 e. The Morgan fingerprint density at radius 1 is 1.07 bits per heavy atom. The standard InChI is InChI=1S/C23H22BrNO4/c24-23-20-6-2-1-4-16(20)7-12-21(23)29-15-22(26)25-17-8-10-18(11-9-17)28-14-19-5-3-13-27-19/h1-2,4,6-12,19H,3,5,13-15H2,(H,25,26). The van der Waals surface area contributed by atoms with Crippen LogP contribution in [0.1, 0.15) is 12.8 Å². The molecule has 1 heterocycles. The molecule has 3 aromatic rings. The summed E-state index contributed by atoms with van der Waals surface area (Å²) in [6.07, 6.45) is 2.32. The number of anilines is 1. The Labute approximate surface area is 178 Å². The van der Waals surface area contributed by atoms with E-state index in [1.807, 2.05) is 60.7 Å². The average Bonchev–Trinajstić information content (AvgIpc) is 3.27. The first-order valence-electron chi connectivity index (χ1n) is 9.63. The van der Waals surface area contributed by atoms with Crippen molar-refractivity contribution in [3.8, 4) is 11.5 Å². The van der Waals surface area contributed by atoms with Crippen LogP contribution in [0.25, 0.3) is 10.8 Å². The molecule has 3 aromatic carbocycles. The summed E-state index contributed by atoms with van der Waals surface area (Å²) < 4.78 is 17.8. The van der Waals surface area contributed by atoms with Crippen molar-refractivity contribution < 1.29 is 19.0 Å². The number of halogens is 1. The number of amides is 1. The smallest absolute Gasteiger partial charge is 0.262 e. The van der Waals surface area contributed by atoms with Crippen LogP contribution in [0, 0.1) is 0 Å². The van der Waals surface area contributed by atoms with Gasteiger partial charge in [-0.05, 0) is 69.9 Å². The van der Waals surface area contributed by atoms with E-state index in [4.69, 9.17) is 14.2 Å². The maximum absolute atomic E-state index is 12.2. The number of nitrogens with one attached hydrogen (secondary N) is 1. The van der Waals surface area contributed by atoms with E-state index in [-0.39, 0.29) is 18.6 Å². The van der Waals surface area contributed by atoms with Gasteiger partial charge in [0, 0.05) is 12.3 Å². The Morgan fingerprint density at radius 2 is 1.90 bits per heavy atom. The number of carbonyl (C=O) groups excluding carboxylic acids is 1. The number of fused-ring (bicyclic) bond motifs is 1. The molecule has 1 N–H and O–H groups in total. The maximum Gasteiger partial charge on any atom is 0.262 e. The fourth-order valence-corrected chi connectivity index (χ4v) is 3.87. The van der Waals surface area contributed by atoms with Crippen LogP contribution in [0.5, 0.6) is 11.5 Å². The van der Waals surface area contributed by atoms with Gasteiger partial charge in [-0.1, -0.05) is 30.3 Å². The van der Waals surface area contributed by atoms with Gasteiger partial charge in [-0.15, -0.1) is 0 Å². The van der Waals surface area contributed by atoms with Gasteiger partial charge in [-0.25, -0.2) is 0 Å². The Hall–Kier alpha value is -2.57. The third kappa shape index (κ3) is 5.08. The van der Waals surface area contributed by atoms with Crippen molar-refractivity contribution in [2.75, 3.05) is 25.1 Å². The number of carbonyl (C=O) groups is 1. The Bertz CT molecular complexity index is 984. The minimum absolute atomic E-state index is 0.0752.